The zero-order valence-corrected chi connectivity index (χ0v) is 20.3. The molecule has 4 N–H and O–H groups in total. The van der Waals surface area contributed by atoms with Gasteiger partial charge < -0.3 is 20.3 Å². The van der Waals surface area contributed by atoms with Gasteiger partial charge in [-0.05, 0) is 72.7 Å². The maximum atomic E-state index is 15.5. The van der Waals surface area contributed by atoms with E-state index in [4.69, 9.17) is 4.98 Å². The predicted molar refractivity (Wildman–Crippen MR) is 133 cm³/mol. The van der Waals surface area contributed by atoms with Crippen molar-refractivity contribution in [1.29, 1.82) is 0 Å². The Morgan fingerprint density at radius 2 is 2.11 bits per heavy atom. The maximum Gasteiger partial charge on any atom is 0.243 e. The Balaban J connectivity index is 1.21. The van der Waals surface area contributed by atoms with Crippen LogP contribution in [0.2, 0.25) is 0 Å². The lowest BCUT2D eigenvalue weighted by molar-refractivity contribution is -0.135. The first kappa shape index (κ1) is 22.4. The second-order valence-corrected chi connectivity index (χ2v) is 10.3. The molecule has 0 radical (unpaired) electrons. The van der Waals surface area contributed by atoms with Crippen molar-refractivity contribution in [2.75, 3.05) is 13.1 Å². The van der Waals surface area contributed by atoms with E-state index in [-0.39, 0.29) is 16.8 Å². The van der Waals surface area contributed by atoms with Crippen LogP contribution < -0.4 is 5.32 Å². The van der Waals surface area contributed by atoms with Gasteiger partial charge in [0.2, 0.25) is 5.91 Å². The summed E-state index contributed by atoms with van der Waals surface area (Å²) in [6, 6.07) is 5.68. The highest BCUT2D eigenvalue weighted by Gasteiger charge is 2.63. The van der Waals surface area contributed by atoms with E-state index in [0.29, 0.717) is 65.6 Å². The topological polar surface area (TPSA) is 110 Å². The standard InChI is InChI=1S/C27H26F2N6O2/c1-2-13-9-22(36)17(28)10-16(13)14-7-18(29)23-20(8-14)33-34-24(23)25-31-19-4-6-35(12-21(19)32-25)26(37)27-11-15(27)3-5-30-27/h7-10,15,30,36H,2-6,11-12H2,1H3,(H,31,32)(H,33,34)/t15?,27-/m0/s1. The van der Waals surface area contributed by atoms with Crippen molar-refractivity contribution in [3.05, 3.63) is 52.9 Å². The van der Waals surface area contributed by atoms with Gasteiger partial charge in [-0.2, -0.15) is 5.10 Å². The average molecular weight is 505 g/mol. The van der Waals surface area contributed by atoms with E-state index in [9.17, 15) is 14.3 Å². The van der Waals surface area contributed by atoms with Crippen LogP contribution >= 0.6 is 0 Å². The van der Waals surface area contributed by atoms with E-state index in [0.717, 1.165) is 30.8 Å². The number of piperidine rings is 1. The van der Waals surface area contributed by atoms with Gasteiger partial charge in [-0.15, -0.1) is 0 Å². The summed E-state index contributed by atoms with van der Waals surface area (Å²) in [6.07, 6.45) is 3.17. The molecule has 1 aliphatic carbocycles. The van der Waals surface area contributed by atoms with Crippen molar-refractivity contribution in [2.45, 2.75) is 44.7 Å². The predicted octanol–water partition coefficient (Wildman–Crippen LogP) is 3.80. The van der Waals surface area contributed by atoms with Gasteiger partial charge in [0.25, 0.3) is 0 Å². The Morgan fingerprint density at radius 3 is 2.86 bits per heavy atom. The number of benzene rings is 2. The summed E-state index contributed by atoms with van der Waals surface area (Å²) in [7, 11) is 0. The summed E-state index contributed by atoms with van der Waals surface area (Å²) >= 11 is 0. The van der Waals surface area contributed by atoms with Gasteiger partial charge >= 0.3 is 0 Å². The summed E-state index contributed by atoms with van der Waals surface area (Å²) in [5.74, 6) is -0.638. The average Bonchev–Trinajstić information content (AvgIpc) is 3.26. The van der Waals surface area contributed by atoms with Crippen molar-refractivity contribution >= 4 is 16.8 Å². The molecule has 37 heavy (non-hydrogen) atoms. The molecule has 3 aliphatic rings. The summed E-state index contributed by atoms with van der Waals surface area (Å²) in [5, 5.41) is 20.7. The van der Waals surface area contributed by atoms with Crippen molar-refractivity contribution in [2.24, 2.45) is 5.92 Å². The fourth-order valence-electron chi connectivity index (χ4n) is 6.16. The molecule has 8 nitrogen and oxygen atoms in total. The van der Waals surface area contributed by atoms with E-state index >= 15 is 4.39 Å². The van der Waals surface area contributed by atoms with Crippen LogP contribution in [0.5, 0.6) is 5.75 Å². The highest BCUT2D eigenvalue weighted by atomic mass is 19.1. The smallest absolute Gasteiger partial charge is 0.243 e. The first-order valence-electron chi connectivity index (χ1n) is 12.7. The normalized spacial score (nSPS) is 22.4. The zero-order valence-electron chi connectivity index (χ0n) is 20.3. The molecule has 2 fully saturated rings. The lowest BCUT2D eigenvalue weighted by Gasteiger charge is -2.29. The number of halogens is 2. The van der Waals surface area contributed by atoms with Crippen LogP contribution in [-0.4, -0.2) is 54.7 Å². The molecule has 0 bridgehead atoms. The number of nitrogens with zero attached hydrogens (tertiary/aromatic N) is 3. The molecule has 2 aliphatic heterocycles. The molecule has 4 heterocycles. The molecule has 0 spiro atoms. The van der Waals surface area contributed by atoms with Crippen molar-refractivity contribution in [1.82, 2.24) is 30.4 Å². The van der Waals surface area contributed by atoms with Gasteiger partial charge in [0, 0.05) is 18.7 Å². The van der Waals surface area contributed by atoms with E-state index in [1.165, 1.54) is 18.2 Å². The lowest BCUT2D eigenvalue weighted by Crippen LogP contribution is -2.49. The summed E-state index contributed by atoms with van der Waals surface area (Å²) in [4.78, 5) is 23.1. The van der Waals surface area contributed by atoms with Crippen LogP contribution in [0.25, 0.3) is 33.5 Å². The number of phenols is 1. The zero-order chi connectivity index (χ0) is 25.5. The quantitative estimate of drug-likeness (QED) is 0.338. The molecule has 7 rings (SSSR count). The minimum atomic E-state index is -0.757. The molecule has 1 unspecified atom stereocenters. The number of hydrogen-bond acceptors (Lipinski definition) is 5. The van der Waals surface area contributed by atoms with Gasteiger partial charge in [-0.1, -0.05) is 6.92 Å². The number of aryl methyl sites for hydroxylation is 1. The van der Waals surface area contributed by atoms with Crippen molar-refractivity contribution < 1.29 is 18.7 Å². The Hall–Kier alpha value is -3.79. The molecule has 1 saturated heterocycles. The molecule has 1 amide bonds. The number of carbonyl (C=O) groups excluding carboxylic acids is 1. The molecule has 2 aromatic carbocycles. The first-order chi connectivity index (χ1) is 17.9. The first-order valence-corrected chi connectivity index (χ1v) is 12.7. The Labute approximate surface area is 211 Å². The minimum absolute atomic E-state index is 0.158. The molecular formula is C27H26F2N6O2. The Kier molecular flexibility index (Phi) is 4.76. The van der Waals surface area contributed by atoms with E-state index in [1.807, 2.05) is 11.8 Å². The SMILES string of the molecule is CCc1cc(O)c(F)cc1-c1cc(F)c2c(-c3nc4c([nH]3)CCN(C(=O)[C@]35CC3CCN5)C4)n[nH]c2c1. The number of H-pyrrole nitrogens is 2. The van der Waals surface area contributed by atoms with E-state index in [2.05, 4.69) is 20.5 Å². The van der Waals surface area contributed by atoms with Crippen LogP contribution in [0, 0.1) is 17.6 Å². The molecular weight excluding hydrogens is 478 g/mol. The van der Waals surface area contributed by atoms with E-state index in [1.54, 1.807) is 6.07 Å². The molecule has 190 valence electrons. The van der Waals surface area contributed by atoms with Gasteiger partial charge in [-0.3, -0.25) is 9.89 Å². The highest BCUT2D eigenvalue weighted by Crippen LogP contribution is 2.51. The second kappa shape index (κ2) is 7.85. The molecule has 4 aromatic rings. The fourth-order valence-corrected chi connectivity index (χ4v) is 6.16. The third kappa shape index (κ3) is 3.31. The molecule has 1 saturated carbocycles. The highest BCUT2D eigenvalue weighted by molar-refractivity contribution is 5.95. The lowest BCUT2D eigenvalue weighted by atomic mass is 9.96. The fraction of sp³-hybridized carbons (Fsp3) is 0.370. The largest absolute Gasteiger partial charge is 0.505 e. The van der Waals surface area contributed by atoms with Gasteiger partial charge in [0.1, 0.15) is 17.1 Å². The number of aromatic amines is 2. The van der Waals surface area contributed by atoms with Gasteiger partial charge in [-0.25, -0.2) is 13.8 Å². The molecule has 2 atom stereocenters. The number of aromatic nitrogens is 4. The number of nitrogens with one attached hydrogen (secondary N) is 3. The third-order valence-corrected chi connectivity index (χ3v) is 8.25. The summed E-state index contributed by atoms with van der Waals surface area (Å²) in [5.41, 5.74) is 3.87. The second-order valence-electron chi connectivity index (χ2n) is 10.3. The van der Waals surface area contributed by atoms with Gasteiger partial charge in [0.15, 0.2) is 17.4 Å². The molecule has 10 heteroatoms. The number of imidazole rings is 1. The monoisotopic (exact) mass is 504 g/mol. The number of fused-ring (bicyclic) bond motifs is 3. The van der Waals surface area contributed by atoms with Crippen molar-refractivity contribution in [3.63, 3.8) is 0 Å². The Bertz CT molecular complexity index is 1590. The van der Waals surface area contributed by atoms with Crippen LogP contribution in [0.4, 0.5) is 8.78 Å². The number of phenolic OH excluding ortho intramolecular Hbond substituents is 1. The molecule has 2 aromatic heterocycles. The van der Waals surface area contributed by atoms with Crippen LogP contribution in [0.3, 0.4) is 0 Å². The van der Waals surface area contributed by atoms with Gasteiger partial charge in [0.05, 0.1) is 23.1 Å². The van der Waals surface area contributed by atoms with Crippen molar-refractivity contribution in [3.8, 4) is 28.4 Å². The Morgan fingerprint density at radius 1 is 1.24 bits per heavy atom. The van der Waals surface area contributed by atoms with Crippen LogP contribution in [-0.2, 0) is 24.2 Å². The van der Waals surface area contributed by atoms with Crippen LogP contribution in [0.1, 0.15) is 36.7 Å². The number of rotatable bonds is 4. The summed E-state index contributed by atoms with van der Waals surface area (Å²) < 4.78 is 29.6. The third-order valence-electron chi connectivity index (χ3n) is 8.25. The summed E-state index contributed by atoms with van der Waals surface area (Å²) in [6.45, 7) is 3.82. The number of carbonyl (C=O) groups is 1. The van der Waals surface area contributed by atoms with E-state index < -0.39 is 17.4 Å². The number of amides is 1. The number of aromatic hydroxyl groups is 1. The van der Waals surface area contributed by atoms with Crippen LogP contribution in [0.15, 0.2) is 24.3 Å². The number of hydrogen-bond donors (Lipinski definition) is 4. The minimum Gasteiger partial charge on any atom is -0.505 e. The maximum absolute atomic E-state index is 15.5.